The molecule has 0 fully saturated rings. The quantitative estimate of drug-likeness (QED) is 0.310. The topological polar surface area (TPSA) is 90.2 Å². The zero-order chi connectivity index (χ0) is 27.0. The molecule has 37 heavy (non-hydrogen) atoms. The molecule has 0 amide bonds. The van der Waals surface area contributed by atoms with Gasteiger partial charge < -0.3 is 13.9 Å². The molecule has 0 bridgehead atoms. The Morgan fingerprint density at radius 1 is 1.03 bits per heavy atom. The van der Waals surface area contributed by atoms with Crippen LogP contribution >= 0.6 is 0 Å². The van der Waals surface area contributed by atoms with Crippen LogP contribution in [0.4, 0.5) is 19.0 Å². The maximum Gasteiger partial charge on any atom is 0.573 e. The first kappa shape index (κ1) is 26.0. The molecule has 12 heteroatoms. The Balaban J connectivity index is 1.79. The predicted molar refractivity (Wildman–Crippen MR) is 129 cm³/mol. The molecule has 0 atom stereocenters. The van der Waals surface area contributed by atoms with Gasteiger partial charge in [-0.1, -0.05) is 18.2 Å². The lowest BCUT2D eigenvalue weighted by Gasteiger charge is -2.23. The molecule has 0 aliphatic heterocycles. The smallest absolute Gasteiger partial charge is 0.465 e. The summed E-state index contributed by atoms with van der Waals surface area (Å²) in [6.45, 7) is 3.34. The third kappa shape index (κ3) is 5.38. The van der Waals surface area contributed by atoms with Crippen molar-refractivity contribution >= 4 is 27.5 Å². The summed E-state index contributed by atoms with van der Waals surface area (Å²) in [6, 6.07) is 13.8. The number of pyridine rings is 1. The summed E-state index contributed by atoms with van der Waals surface area (Å²) >= 11 is 0. The van der Waals surface area contributed by atoms with Crippen molar-refractivity contribution in [2.24, 2.45) is 0 Å². The number of rotatable bonds is 7. The molecule has 4 aromatic rings. The summed E-state index contributed by atoms with van der Waals surface area (Å²) in [6.07, 6.45) is -3.09. The first-order valence-electron chi connectivity index (χ1n) is 10.9. The number of aromatic nitrogens is 2. The number of aryl methyl sites for hydroxylation is 2. The molecule has 0 aliphatic rings. The molecule has 0 aliphatic carbocycles. The number of carbonyl (C=O) groups is 1. The number of halogens is 3. The Bertz CT molecular complexity index is 1550. The minimum absolute atomic E-state index is 0.106. The molecule has 0 saturated heterocycles. The summed E-state index contributed by atoms with van der Waals surface area (Å²) in [7, 11) is -3.01. The van der Waals surface area contributed by atoms with Crippen LogP contribution in [-0.4, -0.2) is 37.2 Å². The van der Waals surface area contributed by atoms with E-state index < -0.39 is 28.1 Å². The maximum atomic E-state index is 13.8. The molecular formula is C25H22F3N3O5S. The van der Waals surface area contributed by atoms with Crippen molar-refractivity contribution in [2.45, 2.75) is 31.7 Å². The van der Waals surface area contributed by atoms with E-state index >= 15 is 0 Å². The number of hydrogen-bond acceptors (Lipinski definition) is 6. The SMILES string of the molecule is COC(=O)c1ccc(S(=O)(=O)N(Cc2ccc(OC(F)(F)F)cc2)c2nc3c(C)cccn3c2C)cc1. The highest BCUT2D eigenvalue weighted by molar-refractivity contribution is 7.92. The molecule has 2 aromatic heterocycles. The van der Waals surface area contributed by atoms with E-state index in [1.807, 2.05) is 19.1 Å². The number of methoxy groups -OCH3 is 1. The number of anilines is 1. The minimum atomic E-state index is -4.85. The highest BCUT2D eigenvalue weighted by Gasteiger charge is 2.32. The maximum absolute atomic E-state index is 13.8. The summed E-state index contributed by atoms with van der Waals surface area (Å²) in [5.41, 5.74) is 2.51. The van der Waals surface area contributed by atoms with Crippen molar-refractivity contribution in [1.82, 2.24) is 9.38 Å². The number of alkyl halides is 3. The first-order chi connectivity index (χ1) is 17.4. The second kappa shape index (κ2) is 9.77. The van der Waals surface area contributed by atoms with E-state index in [1.165, 1.54) is 43.5 Å². The summed E-state index contributed by atoms with van der Waals surface area (Å²) in [5.74, 6) is -0.890. The molecule has 4 rings (SSSR count). The van der Waals surface area contributed by atoms with Gasteiger partial charge in [-0.2, -0.15) is 0 Å². The number of imidazole rings is 1. The van der Waals surface area contributed by atoms with Crippen molar-refractivity contribution < 1.29 is 35.9 Å². The zero-order valence-electron chi connectivity index (χ0n) is 20.0. The van der Waals surface area contributed by atoms with E-state index in [0.29, 0.717) is 16.9 Å². The van der Waals surface area contributed by atoms with Crippen LogP contribution < -0.4 is 9.04 Å². The number of ether oxygens (including phenoxy) is 2. The van der Waals surface area contributed by atoms with Crippen LogP contribution in [0.5, 0.6) is 5.75 Å². The fourth-order valence-electron chi connectivity index (χ4n) is 3.79. The highest BCUT2D eigenvalue weighted by atomic mass is 32.2. The molecule has 0 N–H and O–H groups in total. The lowest BCUT2D eigenvalue weighted by atomic mass is 10.2. The van der Waals surface area contributed by atoms with Crippen molar-refractivity contribution in [3.05, 3.63) is 89.2 Å². The summed E-state index contributed by atoms with van der Waals surface area (Å²) in [5, 5.41) is 0. The van der Waals surface area contributed by atoms with Crippen molar-refractivity contribution in [3.63, 3.8) is 0 Å². The van der Waals surface area contributed by atoms with Gasteiger partial charge in [-0.15, -0.1) is 13.2 Å². The third-order valence-electron chi connectivity index (χ3n) is 5.64. The van der Waals surface area contributed by atoms with E-state index in [-0.39, 0.29) is 22.8 Å². The van der Waals surface area contributed by atoms with Crippen LogP contribution in [-0.2, 0) is 21.3 Å². The lowest BCUT2D eigenvalue weighted by Crippen LogP contribution is -2.31. The number of carbonyl (C=O) groups excluding carboxylic acids is 1. The molecule has 2 heterocycles. The van der Waals surface area contributed by atoms with Crippen LogP contribution in [0.1, 0.15) is 27.2 Å². The average Bonchev–Trinajstić information content (AvgIpc) is 3.19. The normalized spacial score (nSPS) is 11.9. The molecular weight excluding hydrogens is 511 g/mol. The van der Waals surface area contributed by atoms with Gasteiger partial charge in [-0.25, -0.2) is 22.5 Å². The minimum Gasteiger partial charge on any atom is -0.465 e. The first-order valence-corrected chi connectivity index (χ1v) is 12.3. The molecule has 0 spiro atoms. The van der Waals surface area contributed by atoms with Gasteiger partial charge in [0, 0.05) is 6.20 Å². The lowest BCUT2D eigenvalue weighted by molar-refractivity contribution is -0.274. The van der Waals surface area contributed by atoms with E-state index in [0.717, 1.165) is 22.0 Å². The molecule has 0 unspecified atom stereocenters. The van der Waals surface area contributed by atoms with E-state index in [9.17, 15) is 26.4 Å². The number of nitrogens with zero attached hydrogens (tertiary/aromatic N) is 3. The van der Waals surface area contributed by atoms with Gasteiger partial charge in [-0.05, 0) is 67.4 Å². The number of esters is 1. The molecule has 2 aromatic carbocycles. The van der Waals surface area contributed by atoms with Gasteiger partial charge in [-0.3, -0.25) is 0 Å². The van der Waals surface area contributed by atoms with Crippen LogP contribution in [0.15, 0.2) is 71.8 Å². The van der Waals surface area contributed by atoms with Gasteiger partial charge in [0.1, 0.15) is 11.4 Å². The Hall–Kier alpha value is -4.06. The van der Waals surface area contributed by atoms with E-state index in [1.54, 1.807) is 17.5 Å². The summed E-state index contributed by atoms with van der Waals surface area (Å²) in [4.78, 5) is 16.3. The predicted octanol–water partition coefficient (Wildman–Crippen LogP) is 5.03. The number of hydrogen-bond donors (Lipinski definition) is 0. The number of benzene rings is 2. The van der Waals surface area contributed by atoms with Gasteiger partial charge in [0.25, 0.3) is 10.0 Å². The van der Waals surface area contributed by atoms with Gasteiger partial charge in [0.15, 0.2) is 5.82 Å². The van der Waals surface area contributed by atoms with Gasteiger partial charge in [0.05, 0.1) is 29.8 Å². The van der Waals surface area contributed by atoms with Crippen molar-refractivity contribution in [2.75, 3.05) is 11.4 Å². The fourth-order valence-corrected chi connectivity index (χ4v) is 5.24. The third-order valence-corrected chi connectivity index (χ3v) is 7.39. The van der Waals surface area contributed by atoms with E-state index in [4.69, 9.17) is 0 Å². The number of sulfonamides is 1. The number of fused-ring (bicyclic) bond motifs is 1. The van der Waals surface area contributed by atoms with Gasteiger partial charge >= 0.3 is 12.3 Å². The molecule has 0 radical (unpaired) electrons. The molecule has 0 saturated carbocycles. The Morgan fingerprint density at radius 2 is 1.68 bits per heavy atom. The Kier molecular flexibility index (Phi) is 6.87. The second-order valence-corrected chi connectivity index (χ2v) is 9.99. The van der Waals surface area contributed by atoms with Gasteiger partial charge in [0.2, 0.25) is 0 Å². The van der Waals surface area contributed by atoms with Crippen molar-refractivity contribution in [3.8, 4) is 5.75 Å². The molecule has 194 valence electrons. The average molecular weight is 534 g/mol. The summed E-state index contributed by atoms with van der Waals surface area (Å²) < 4.78 is 76.7. The fraction of sp³-hybridized carbons (Fsp3) is 0.200. The molecule has 8 nitrogen and oxygen atoms in total. The Morgan fingerprint density at radius 3 is 2.24 bits per heavy atom. The van der Waals surface area contributed by atoms with Crippen LogP contribution in [0.3, 0.4) is 0 Å². The monoisotopic (exact) mass is 533 g/mol. The largest absolute Gasteiger partial charge is 0.573 e. The standard InChI is InChI=1S/C25H22F3N3O5S/c1-16-5-4-14-30-17(2)23(29-22(16)30)31(15-18-6-10-20(11-7-18)36-25(26,27)28)37(33,34)21-12-8-19(9-13-21)24(32)35-3/h4-14H,15H2,1-3H3. The highest BCUT2D eigenvalue weighted by Crippen LogP contribution is 2.31. The van der Waals surface area contributed by atoms with Crippen molar-refractivity contribution in [1.29, 1.82) is 0 Å². The second-order valence-electron chi connectivity index (χ2n) is 8.13. The van der Waals surface area contributed by atoms with E-state index in [2.05, 4.69) is 14.5 Å². The van der Waals surface area contributed by atoms with Crippen LogP contribution in [0.25, 0.3) is 5.65 Å². The Labute approximate surface area is 210 Å². The zero-order valence-corrected chi connectivity index (χ0v) is 20.8. The van der Waals surface area contributed by atoms with Crippen LogP contribution in [0, 0.1) is 13.8 Å². The van der Waals surface area contributed by atoms with Crippen LogP contribution in [0.2, 0.25) is 0 Å².